The van der Waals surface area contributed by atoms with Crippen LogP contribution in [0.5, 0.6) is 5.75 Å². The van der Waals surface area contributed by atoms with Crippen molar-refractivity contribution in [3.8, 4) is 16.9 Å². The molecule has 0 atom stereocenters. The highest BCUT2D eigenvalue weighted by Gasteiger charge is 2.42. The van der Waals surface area contributed by atoms with Crippen LogP contribution in [0.1, 0.15) is 5.69 Å². The average molecular weight is 415 g/mol. The minimum absolute atomic E-state index is 0.0151. The molecule has 2 aromatic rings. The van der Waals surface area contributed by atoms with Gasteiger partial charge < -0.3 is 4.74 Å². The predicted molar refractivity (Wildman–Crippen MR) is 91.6 cm³/mol. The van der Waals surface area contributed by atoms with Crippen molar-refractivity contribution in [2.24, 2.45) is 5.10 Å². The van der Waals surface area contributed by atoms with E-state index in [1.54, 1.807) is 0 Å². The molecule has 154 valence electrons. The molecule has 1 aromatic carbocycles. The number of nitrogens with zero attached hydrogens (tertiary/aromatic N) is 3. The zero-order chi connectivity index (χ0) is 21.1. The van der Waals surface area contributed by atoms with Crippen LogP contribution in [-0.2, 0) is 10.7 Å². The molecule has 0 spiro atoms. The van der Waals surface area contributed by atoms with E-state index in [0.29, 0.717) is 11.1 Å². The van der Waals surface area contributed by atoms with Crippen molar-refractivity contribution in [3.05, 3.63) is 48.3 Å². The van der Waals surface area contributed by atoms with Gasteiger partial charge in [0.2, 0.25) is 5.78 Å². The number of hydrogen-bond donors (Lipinski definition) is 2. The Bertz CT molecular complexity index is 885. The van der Waals surface area contributed by atoms with Crippen LogP contribution in [-0.4, -0.2) is 41.4 Å². The minimum atomic E-state index is -4.45. The number of alkyl halides is 5. The van der Waals surface area contributed by atoms with E-state index in [0.717, 1.165) is 23.6 Å². The number of carbonyl (C=O) groups is 1. The highest BCUT2D eigenvalue weighted by molar-refractivity contribution is 5.89. The molecular formula is C17H14F5N5O2. The predicted octanol–water partition coefficient (Wildman–Crippen LogP) is 2.62. The van der Waals surface area contributed by atoms with Crippen LogP contribution in [0.25, 0.3) is 11.1 Å². The van der Waals surface area contributed by atoms with Crippen LogP contribution in [0, 0.1) is 0 Å². The molecule has 29 heavy (non-hydrogen) atoms. The second-order valence-electron chi connectivity index (χ2n) is 5.95. The van der Waals surface area contributed by atoms with Gasteiger partial charge in [-0.3, -0.25) is 14.8 Å². The van der Waals surface area contributed by atoms with Crippen molar-refractivity contribution in [3.63, 3.8) is 0 Å². The quantitative estimate of drug-likeness (QED) is 0.677. The fourth-order valence-corrected chi connectivity index (χ4v) is 2.36. The molecule has 1 aliphatic rings. The second-order valence-corrected chi connectivity index (χ2v) is 5.95. The van der Waals surface area contributed by atoms with Gasteiger partial charge in [0.25, 0.3) is 0 Å². The standard InChI is InChI=1S/C17H14F5N5O2/c18-16(19,20)9-29-13-4-1-11(2-5-13)12-3-6-14(23-7-12)17(21,22)15(28)8-27-10-24-25-26-27/h1-7,10,25-26H,8-9H2. The molecule has 0 fully saturated rings. The summed E-state index contributed by atoms with van der Waals surface area (Å²) in [6, 6.07) is 7.95. The molecule has 2 N–H and O–H groups in total. The maximum absolute atomic E-state index is 14.3. The summed E-state index contributed by atoms with van der Waals surface area (Å²) in [6.45, 7) is -2.05. The minimum Gasteiger partial charge on any atom is -0.484 e. The van der Waals surface area contributed by atoms with E-state index >= 15 is 0 Å². The van der Waals surface area contributed by atoms with Crippen molar-refractivity contribution < 1.29 is 31.5 Å². The number of nitrogens with one attached hydrogen (secondary N) is 2. The van der Waals surface area contributed by atoms with Crippen molar-refractivity contribution in [1.82, 2.24) is 21.1 Å². The number of aromatic nitrogens is 1. The molecule has 0 saturated heterocycles. The lowest BCUT2D eigenvalue weighted by atomic mass is 10.1. The number of hydrazone groups is 1. The molecule has 0 saturated carbocycles. The molecule has 0 radical (unpaired) electrons. The van der Waals surface area contributed by atoms with Gasteiger partial charge >= 0.3 is 12.1 Å². The van der Waals surface area contributed by atoms with E-state index in [1.165, 1.54) is 30.3 Å². The Hall–Kier alpha value is -3.28. The number of benzene rings is 1. The first-order chi connectivity index (χ1) is 13.6. The Balaban J connectivity index is 1.67. The summed E-state index contributed by atoms with van der Waals surface area (Å²) in [7, 11) is 0. The van der Waals surface area contributed by atoms with Gasteiger partial charge in [-0.05, 0) is 23.8 Å². The van der Waals surface area contributed by atoms with Gasteiger partial charge in [0, 0.05) is 11.8 Å². The fraction of sp³-hybridized carbons (Fsp3) is 0.235. The average Bonchev–Trinajstić information content (AvgIpc) is 3.19. The number of halogens is 5. The molecule has 3 rings (SSSR count). The van der Waals surface area contributed by atoms with Gasteiger partial charge in [-0.25, -0.2) is 5.53 Å². The smallest absolute Gasteiger partial charge is 0.422 e. The van der Waals surface area contributed by atoms with E-state index in [-0.39, 0.29) is 5.75 Å². The number of ether oxygens (including phenoxy) is 1. The van der Waals surface area contributed by atoms with Crippen LogP contribution >= 0.6 is 0 Å². The Labute approximate surface area is 161 Å². The number of carbonyl (C=O) groups excluding carboxylic acids is 1. The monoisotopic (exact) mass is 415 g/mol. The first-order valence-corrected chi connectivity index (χ1v) is 8.13. The van der Waals surface area contributed by atoms with Crippen LogP contribution in [0.15, 0.2) is 47.7 Å². The van der Waals surface area contributed by atoms with Crippen molar-refractivity contribution in [2.75, 3.05) is 13.2 Å². The summed E-state index contributed by atoms with van der Waals surface area (Å²) in [5.41, 5.74) is 4.91. The summed E-state index contributed by atoms with van der Waals surface area (Å²) >= 11 is 0. The number of Topliss-reactive ketones (excluding diaryl/α,β-unsaturated/α-hetero) is 1. The molecule has 0 bridgehead atoms. The van der Waals surface area contributed by atoms with Gasteiger partial charge in [-0.2, -0.15) is 27.1 Å². The maximum Gasteiger partial charge on any atom is 0.422 e. The largest absolute Gasteiger partial charge is 0.484 e. The lowest BCUT2D eigenvalue weighted by Crippen LogP contribution is -2.44. The number of hydrazine groups is 2. The Morgan fingerprint density at radius 2 is 1.72 bits per heavy atom. The lowest BCUT2D eigenvalue weighted by Gasteiger charge is -2.18. The Morgan fingerprint density at radius 3 is 2.28 bits per heavy atom. The van der Waals surface area contributed by atoms with Crippen LogP contribution in [0.2, 0.25) is 0 Å². The molecule has 0 amide bonds. The zero-order valence-corrected chi connectivity index (χ0v) is 14.6. The number of hydrogen-bond acceptors (Lipinski definition) is 7. The second kappa shape index (κ2) is 7.99. The maximum atomic E-state index is 14.3. The normalized spacial score (nSPS) is 14.0. The third-order valence-electron chi connectivity index (χ3n) is 3.79. The fourth-order valence-electron chi connectivity index (χ4n) is 2.36. The SMILES string of the molecule is O=C(CN1C=NNN1)C(F)(F)c1ccc(-c2ccc(OCC(F)(F)F)cc2)cn1. The molecule has 12 heteroatoms. The van der Waals surface area contributed by atoms with Crippen molar-refractivity contribution in [2.45, 2.75) is 12.1 Å². The number of rotatable bonds is 7. The highest BCUT2D eigenvalue weighted by Crippen LogP contribution is 2.30. The van der Waals surface area contributed by atoms with Gasteiger partial charge in [-0.15, -0.1) is 5.53 Å². The molecule has 0 unspecified atom stereocenters. The summed E-state index contributed by atoms with van der Waals surface area (Å²) < 4.78 is 69.7. The van der Waals surface area contributed by atoms with E-state index in [1.807, 2.05) is 0 Å². The van der Waals surface area contributed by atoms with Crippen LogP contribution in [0.4, 0.5) is 22.0 Å². The molecular weight excluding hydrogens is 401 g/mol. The van der Waals surface area contributed by atoms with E-state index in [9.17, 15) is 26.7 Å². The molecule has 1 aromatic heterocycles. The first kappa shape index (κ1) is 20.5. The topological polar surface area (TPSA) is 78.9 Å². The van der Waals surface area contributed by atoms with Gasteiger partial charge in [0.15, 0.2) is 6.61 Å². The number of ketones is 1. The molecule has 0 aliphatic carbocycles. The summed E-state index contributed by atoms with van der Waals surface area (Å²) in [4.78, 5) is 15.6. The Morgan fingerprint density at radius 1 is 1.03 bits per heavy atom. The Kier molecular flexibility index (Phi) is 5.64. The van der Waals surface area contributed by atoms with Gasteiger partial charge in [0.05, 0.1) is 0 Å². The molecule has 7 nitrogen and oxygen atoms in total. The van der Waals surface area contributed by atoms with Crippen molar-refractivity contribution >= 4 is 12.1 Å². The van der Waals surface area contributed by atoms with Gasteiger partial charge in [-0.1, -0.05) is 18.2 Å². The summed E-state index contributed by atoms with van der Waals surface area (Å²) in [6.07, 6.45) is -2.15. The third-order valence-corrected chi connectivity index (χ3v) is 3.79. The lowest BCUT2D eigenvalue weighted by molar-refractivity contribution is -0.153. The third kappa shape index (κ3) is 5.16. The zero-order valence-electron chi connectivity index (χ0n) is 14.6. The van der Waals surface area contributed by atoms with Crippen LogP contribution in [0.3, 0.4) is 0 Å². The first-order valence-electron chi connectivity index (χ1n) is 8.13. The molecule has 2 heterocycles. The number of pyridine rings is 1. The van der Waals surface area contributed by atoms with Crippen LogP contribution < -0.4 is 15.8 Å². The van der Waals surface area contributed by atoms with E-state index in [2.05, 4.69) is 25.9 Å². The molecule has 1 aliphatic heterocycles. The van der Waals surface area contributed by atoms with Gasteiger partial charge in [0.1, 0.15) is 24.3 Å². The van der Waals surface area contributed by atoms with Crippen molar-refractivity contribution in [1.29, 1.82) is 0 Å². The van der Waals surface area contributed by atoms with E-state index in [4.69, 9.17) is 0 Å². The summed E-state index contributed by atoms with van der Waals surface area (Å²) in [5, 5.41) is 4.56. The summed E-state index contributed by atoms with van der Waals surface area (Å²) in [5.74, 6) is -5.18. The van der Waals surface area contributed by atoms with E-state index < -0.39 is 36.7 Å². The highest BCUT2D eigenvalue weighted by atomic mass is 19.4.